The van der Waals surface area contributed by atoms with Crippen molar-refractivity contribution in [3.05, 3.63) is 42.1 Å². The van der Waals surface area contributed by atoms with Gasteiger partial charge >= 0.3 is 0 Å². The van der Waals surface area contributed by atoms with Crippen LogP contribution in [0.5, 0.6) is 11.5 Å². The molecule has 7 heteroatoms. The Labute approximate surface area is 114 Å². The van der Waals surface area contributed by atoms with Crippen molar-refractivity contribution in [2.75, 3.05) is 7.11 Å². The van der Waals surface area contributed by atoms with Gasteiger partial charge in [0, 0.05) is 5.56 Å². The van der Waals surface area contributed by atoms with Gasteiger partial charge in [0.2, 0.25) is 6.39 Å². The average molecular weight is 275 g/mol. The number of aromatic nitrogens is 2. The van der Waals surface area contributed by atoms with Gasteiger partial charge < -0.3 is 14.3 Å². The van der Waals surface area contributed by atoms with E-state index >= 15 is 0 Å². The molecule has 1 aromatic heterocycles. The number of rotatable bonds is 3. The van der Waals surface area contributed by atoms with Gasteiger partial charge in [-0.2, -0.15) is 0 Å². The van der Waals surface area contributed by atoms with Crippen molar-refractivity contribution in [3.63, 3.8) is 0 Å². The molecule has 0 spiro atoms. The zero-order valence-corrected chi connectivity index (χ0v) is 11.0. The van der Waals surface area contributed by atoms with Gasteiger partial charge in [-0.1, -0.05) is 0 Å². The number of nitrogens with one attached hydrogen (secondary N) is 1. The lowest BCUT2D eigenvalue weighted by atomic mass is 10.0. The van der Waals surface area contributed by atoms with Crippen molar-refractivity contribution < 1.29 is 19.1 Å². The molecule has 0 saturated carbocycles. The number of benzene rings is 1. The molecular weight excluding hydrogens is 262 g/mol. The van der Waals surface area contributed by atoms with Gasteiger partial charge in [-0.15, -0.1) is 10.2 Å². The van der Waals surface area contributed by atoms with E-state index < -0.39 is 5.60 Å². The molecule has 2 aromatic rings. The lowest BCUT2D eigenvalue weighted by Gasteiger charge is -2.14. The van der Waals surface area contributed by atoms with Crippen LogP contribution in [0.2, 0.25) is 0 Å². The van der Waals surface area contributed by atoms with Crippen molar-refractivity contribution in [1.29, 1.82) is 0 Å². The van der Waals surface area contributed by atoms with E-state index in [1.807, 2.05) is 6.08 Å². The Bertz CT molecular complexity index is 654. The highest BCUT2D eigenvalue weighted by molar-refractivity contribution is 5.68. The van der Waals surface area contributed by atoms with Crippen LogP contribution >= 0.6 is 0 Å². The summed E-state index contributed by atoms with van der Waals surface area (Å²) < 4.78 is 10.2. The number of ether oxygens (including phenoxy) is 1. The molecule has 104 valence electrons. The first-order chi connectivity index (χ1) is 9.62. The quantitative estimate of drug-likeness (QED) is 0.878. The van der Waals surface area contributed by atoms with Crippen molar-refractivity contribution >= 4 is 5.70 Å². The molecule has 1 aromatic carbocycles. The van der Waals surface area contributed by atoms with Gasteiger partial charge in [-0.05, 0) is 31.2 Å². The number of methoxy groups -OCH3 is 1. The van der Waals surface area contributed by atoms with Crippen LogP contribution in [-0.2, 0) is 10.4 Å². The third kappa shape index (κ3) is 1.97. The second kappa shape index (κ2) is 4.53. The Morgan fingerprint density at radius 2 is 2.25 bits per heavy atom. The third-order valence-electron chi connectivity index (χ3n) is 3.07. The van der Waals surface area contributed by atoms with Crippen molar-refractivity contribution in [3.8, 4) is 11.5 Å². The predicted octanol–water partition coefficient (Wildman–Crippen LogP) is 1.57. The summed E-state index contributed by atoms with van der Waals surface area (Å²) in [6, 6.07) is 5.07. The average Bonchev–Trinajstić information content (AvgIpc) is 3.08. The summed E-state index contributed by atoms with van der Waals surface area (Å²) in [4.78, 5) is 5.50. The lowest BCUT2D eigenvalue weighted by Crippen LogP contribution is -2.23. The number of hydrogen-bond donors (Lipinski definition) is 2. The Hall–Kier alpha value is -2.54. The molecular formula is C13H13N3O4. The molecule has 1 atom stereocenters. The summed E-state index contributed by atoms with van der Waals surface area (Å²) in [6.07, 6.45) is 3.05. The molecule has 3 rings (SSSR count). The molecule has 7 nitrogen and oxygen atoms in total. The third-order valence-corrected chi connectivity index (χ3v) is 3.07. The van der Waals surface area contributed by atoms with E-state index in [0.29, 0.717) is 17.3 Å². The largest absolute Gasteiger partial charge is 0.504 e. The fourth-order valence-corrected chi connectivity index (χ4v) is 1.99. The Morgan fingerprint density at radius 3 is 2.90 bits per heavy atom. The summed E-state index contributed by atoms with van der Waals surface area (Å²) in [5, 5.41) is 17.3. The second-order valence-corrected chi connectivity index (χ2v) is 4.50. The van der Waals surface area contributed by atoms with Gasteiger partial charge in [-0.3, -0.25) is 10.3 Å². The van der Waals surface area contributed by atoms with Crippen LogP contribution in [0.1, 0.15) is 18.4 Å². The normalized spacial score (nSPS) is 21.4. The van der Waals surface area contributed by atoms with Crippen LogP contribution in [0.25, 0.3) is 5.70 Å². The number of phenolic OH excluding ortho intramolecular Hbond substituents is 1. The van der Waals surface area contributed by atoms with Crippen LogP contribution < -0.4 is 10.2 Å². The maximum Gasteiger partial charge on any atom is 0.254 e. The van der Waals surface area contributed by atoms with E-state index in [-0.39, 0.29) is 5.75 Å². The minimum atomic E-state index is -0.846. The SMILES string of the molecule is COc1ccc(C2=CC(C)(c3nnco3)ON2)cc1O. The van der Waals surface area contributed by atoms with E-state index in [0.717, 1.165) is 5.56 Å². The Balaban J connectivity index is 1.94. The van der Waals surface area contributed by atoms with E-state index in [4.69, 9.17) is 14.0 Å². The minimum Gasteiger partial charge on any atom is -0.504 e. The highest BCUT2D eigenvalue weighted by Gasteiger charge is 2.37. The first-order valence-corrected chi connectivity index (χ1v) is 5.93. The first kappa shape index (κ1) is 12.5. The lowest BCUT2D eigenvalue weighted by molar-refractivity contribution is -0.0418. The minimum absolute atomic E-state index is 0.0547. The zero-order valence-electron chi connectivity index (χ0n) is 11.0. The van der Waals surface area contributed by atoms with E-state index in [1.54, 1.807) is 25.1 Å². The van der Waals surface area contributed by atoms with Gasteiger partial charge in [-0.25, -0.2) is 0 Å². The monoisotopic (exact) mass is 275 g/mol. The van der Waals surface area contributed by atoms with Gasteiger partial charge in [0.1, 0.15) is 0 Å². The smallest absolute Gasteiger partial charge is 0.254 e. The highest BCUT2D eigenvalue weighted by atomic mass is 16.7. The number of hydrogen-bond acceptors (Lipinski definition) is 7. The molecule has 0 saturated heterocycles. The fourth-order valence-electron chi connectivity index (χ4n) is 1.99. The predicted molar refractivity (Wildman–Crippen MR) is 68.5 cm³/mol. The van der Waals surface area contributed by atoms with Crippen LogP contribution in [0.3, 0.4) is 0 Å². The van der Waals surface area contributed by atoms with Crippen LogP contribution in [0.4, 0.5) is 0 Å². The molecule has 0 bridgehead atoms. The maximum atomic E-state index is 9.80. The zero-order chi connectivity index (χ0) is 14.2. The number of hydroxylamine groups is 1. The van der Waals surface area contributed by atoms with Crippen LogP contribution in [-0.4, -0.2) is 22.4 Å². The van der Waals surface area contributed by atoms with Crippen molar-refractivity contribution in [2.24, 2.45) is 0 Å². The highest BCUT2D eigenvalue weighted by Crippen LogP contribution is 2.35. The molecule has 2 N–H and O–H groups in total. The second-order valence-electron chi connectivity index (χ2n) is 4.50. The standard InChI is InChI=1S/C13H13N3O4/c1-13(12-15-14-7-19-12)6-9(16-20-13)8-3-4-11(18-2)10(17)5-8/h3-7,16-17H,1-2H3. The molecule has 1 aliphatic heterocycles. The summed E-state index contributed by atoms with van der Waals surface area (Å²) in [6.45, 7) is 1.80. The number of nitrogens with zero attached hydrogens (tertiary/aromatic N) is 2. The summed E-state index contributed by atoms with van der Waals surface area (Å²) in [5.74, 6) is 0.810. The topological polar surface area (TPSA) is 89.6 Å². The van der Waals surface area contributed by atoms with Crippen molar-refractivity contribution in [2.45, 2.75) is 12.5 Å². The van der Waals surface area contributed by atoms with E-state index in [9.17, 15) is 5.11 Å². The van der Waals surface area contributed by atoms with Crippen molar-refractivity contribution in [1.82, 2.24) is 15.7 Å². The van der Waals surface area contributed by atoms with Gasteiger partial charge in [0.25, 0.3) is 5.89 Å². The van der Waals surface area contributed by atoms with Crippen LogP contribution in [0, 0.1) is 0 Å². The number of phenols is 1. The molecule has 0 amide bonds. The molecule has 0 radical (unpaired) electrons. The molecule has 2 heterocycles. The Kier molecular flexibility index (Phi) is 2.83. The van der Waals surface area contributed by atoms with E-state index in [2.05, 4.69) is 15.7 Å². The fraction of sp³-hybridized carbons (Fsp3) is 0.231. The van der Waals surface area contributed by atoms with Crippen LogP contribution in [0.15, 0.2) is 35.1 Å². The summed E-state index contributed by atoms with van der Waals surface area (Å²) in [7, 11) is 1.50. The maximum absolute atomic E-state index is 9.80. The molecule has 0 aliphatic carbocycles. The molecule has 1 aliphatic rings. The number of aromatic hydroxyl groups is 1. The molecule has 0 fully saturated rings. The summed E-state index contributed by atoms with van der Waals surface area (Å²) in [5.41, 5.74) is 3.41. The molecule has 1 unspecified atom stereocenters. The molecule has 20 heavy (non-hydrogen) atoms. The Morgan fingerprint density at radius 1 is 1.40 bits per heavy atom. The first-order valence-electron chi connectivity index (χ1n) is 5.93. The summed E-state index contributed by atoms with van der Waals surface area (Å²) >= 11 is 0. The van der Waals surface area contributed by atoms with Gasteiger partial charge in [0.15, 0.2) is 17.1 Å². The van der Waals surface area contributed by atoms with Gasteiger partial charge in [0.05, 0.1) is 12.8 Å². The van der Waals surface area contributed by atoms with E-state index in [1.165, 1.54) is 13.5 Å².